The molecule has 174 valence electrons. The Labute approximate surface area is 198 Å². The standard InChI is InChI=1S/C23H20N4O6S/c1-13-18(21(28)27(26-13)15-7-5-4-6-8-15)12-19(22(29)30)34-23-25-24-20(33-23)14-9-16(31-2)11-17(10-14)32-3/h4-12,18H,1-3H3,(H,29,30)/b19-12+/t18-/m0/s1. The van der Waals surface area contributed by atoms with Gasteiger partial charge < -0.3 is 19.0 Å². The Bertz CT molecular complexity index is 1270. The first kappa shape index (κ1) is 23.1. The molecular formula is C23H20N4O6S. The molecule has 10 nitrogen and oxygen atoms in total. The molecular weight excluding hydrogens is 460 g/mol. The Morgan fingerprint density at radius 3 is 2.41 bits per heavy atom. The van der Waals surface area contributed by atoms with Crippen LogP contribution in [0.2, 0.25) is 0 Å². The van der Waals surface area contributed by atoms with Gasteiger partial charge in [-0.1, -0.05) is 18.2 Å². The van der Waals surface area contributed by atoms with Crippen molar-refractivity contribution in [1.82, 2.24) is 10.2 Å². The van der Waals surface area contributed by atoms with Crippen molar-refractivity contribution in [2.24, 2.45) is 11.0 Å². The number of amides is 1. The normalized spacial score (nSPS) is 15.9. The average Bonchev–Trinajstić information content (AvgIpc) is 3.43. The van der Waals surface area contributed by atoms with Gasteiger partial charge in [0.2, 0.25) is 5.89 Å². The Morgan fingerprint density at radius 2 is 1.79 bits per heavy atom. The maximum atomic E-state index is 12.9. The van der Waals surface area contributed by atoms with Gasteiger partial charge in [0.15, 0.2) is 0 Å². The molecule has 0 radical (unpaired) electrons. The average molecular weight is 481 g/mol. The zero-order chi connectivity index (χ0) is 24.2. The minimum atomic E-state index is -1.23. The number of nitrogens with zero attached hydrogens (tertiary/aromatic N) is 4. The lowest BCUT2D eigenvalue weighted by molar-refractivity contribution is -0.131. The molecule has 0 saturated heterocycles. The first-order valence-corrected chi connectivity index (χ1v) is 10.8. The first-order chi connectivity index (χ1) is 16.4. The maximum Gasteiger partial charge on any atom is 0.342 e. The summed E-state index contributed by atoms with van der Waals surface area (Å²) in [5, 5.41) is 23.2. The van der Waals surface area contributed by atoms with Crippen molar-refractivity contribution in [3.8, 4) is 23.0 Å². The van der Waals surface area contributed by atoms with E-state index in [4.69, 9.17) is 13.9 Å². The van der Waals surface area contributed by atoms with E-state index < -0.39 is 11.9 Å². The van der Waals surface area contributed by atoms with Gasteiger partial charge in [-0.3, -0.25) is 4.79 Å². The fourth-order valence-corrected chi connectivity index (χ4v) is 3.90. The van der Waals surface area contributed by atoms with E-state index in [1.807, 2.05) is 6.07 Å². The van der Waals surface area contributed by atoms with E-state index in [2.05, 4.69) is 15.3 Å². The topological polar surface area (TPSA) is 127 Å². The second-order valence-corrected chi connectivity index (χ2v) is 8.11. The number of carbonyl (C=O) groups is 2. The van der Waals surface area contributed by atoms with Gasteiger partial charge in [0.25, 0.3) is 11.1 Å². The van der Waals surface area contributed by atoms with Gasteiger partial charge in [-0.15, -0.1) is 10.2 Å². The molecule has 0 bridgehead atoms. The van der Waals surface area contributed by atoms with Crippen molar-refractivity contribution < 1.29 is 28.6 Å². The molecule has 1 aromatic heterocycles. The molecule has 0 spiro atoms. The number of carbonyl (C=O) groups excluding carboxylic acids is 1. The summed E-state index contributed by atoms with van der Waals surface area (Å²) in [6.07, 6.45) is 1.34. The molecule has 34 heavy (non-hydrogen) atoms. The highest BCUT2D eigenvalue weighted by atomic mass is 32.2. The maximum absolute atomic E-state index is 12.9. The number of carboxylic acids is 1. The van der Waals surface area contributed by atoms with Gasteiger partial charge in [-0.05, 0) is 49.0 Å². The minimum Gasteiger partial charge on any atom is -0.497 e. The van der Waals surface area contributed by atoms with Gasteiger partial charge in [-0.2, -0.15) is 10.1 Å². The molecule has 1 N–H and O–H groups in total. The third kappa shape index (κ3) is 4.79. The summed E-state index contributed by atoms with van der Waals surface area (Å²) in [5.41, 5.74) is 1.62. The Hall–Kier alpha value is -4.12. The van der Waals surface area contributed by atoms with Crippen LogP contribution in [0.1, 0.15) is 6.92 Å². The number of ether oxygens (including phenoxy) is 2. The molecule has 0 fully saturated rings. The van der Waals surface area contributed by atoms with Gasteiger partial charge in [-0.25, -0.2) is 4.79 Å². The summed E-state index contributed by atoms with van der Waals surface area (Å²) in [6.45, 7) is 1.67. The number of hydrogen-bond donors (Lipinski definition) is 1. The smallest absolute Gasteiger partial charge is 0.342 e. The molecule has 1 amide bonds. The molecule has 1 atom stereocenters. The summed E-state index contributed by atoms with van der Waals surface area (Å²) in [4.78, 5) is 24.7. The Kier molecular flexibility index (Phi) is 6.64. The fraction of sp³-hybridized carbons (Fsp3) is 0.174. The van der Waals surface area contributed by atoms with E-state index >= 15 is 0 Å². The van der Waals surface area contributed by atoms with Crippen molar-refractivity contribution in [1.29, 1.82) is 0 Å². The summed E-state index contributed by atoms with van der Waals surface area (Å²) in [6, 6.07) is 14.0. The van der Waals surface area contributed by atoms with Crippen LogP contribution in [0.15, 0.2) is 74.3 Å². The van der Waals surface area contributed by atoms with Crippen molar-refractivity contribution in [2.75, 3.05) is 19.2 Å². The zero-order valence-corrected chi connectivity index (χ0v) is 19.3. The summed E-state index contributed by atoms with van der Waals surface area (Å²) in [5.74, 6) is -1.18. The van der Waals surface area contributed by atoms with Crippen molar-refractivity contribution in [3.63, 3.8) is 0 Å². The molecule has 11 heteroatoms. The van der Waals surface area contributed by atoms with Gasteiger partial charge >= 0.3 is 5.97 Å². The summed E-state index contributed by atoms with van der Waals surface area (Å²) in [7, 11) is 3.04. The highest BCUT2D eigenvalue weighted by molar-refractivity contribution is 8.03. The van der Waals surface area contributed by atoms with Crippen molar-refractivity contribution in [3.05, 3.63) is 59.5 Å². The third-order valence-electron chi connectivity index (χ3n) is 4.91. The van der Waals surface area contributed by atoms with Crippen LogP contribution in [0.5, 0.6) is 11.5 Å². The number of rotatable bonds is 8. The molecule has 0 saturated carbocycles. The fourth-order valence-electron chi connectivity index (χ4n) is 3.22. The quantitative estimate of drug-likeness (QED) is 0.378. The largest absolute Gasteiger partial charge is 0.497 e. The molecule has 0 unspecified atom stereocenters. The molecule has 2 heterocycles. The number of benzene rings is 2. The molecule has 1 aliphatic rings. The van der Waals surface area contributed by atoms with Crippen LogP contribution in [0.4, 0.5) is 5.69 Å². The predicted molar refractivity (Wildman–Crippen MR) is 125 cm³/mol. The van der Waals surface area contributed by atoms with Crippen LogP contribution >= 0.6 is 11.8 Å². The number of hydrazone groups is 1. The molecule has 0 aliphatic carbocycles. The van der Waals surface area contributed by atoms with Crippen LogP contribution in [-0.4, -0.2) is 47.1 Å². The number of anilines is 1. The highest BCUT2D eigenvalue weighted by Gasteiger charge is 2.34. The van der Waals surface area contributed by atoms with Crippen molar-refractivity contribution >= 4 is 35.0 Å². The number of methoxy groups -OCH3 is 2. The van der Waals surface area contributed by atoms with Crippen LogP contribution in [0.3, 0.4) is 0 Å². The van der Waals surface area contributed by atoms with E-state index in [1.165, 1.54) is 25.3 Å². The predicted octanol–water partition coefficient (Wildman–Crippen LogP) is 3.85. The zero-order valence-electron chi connectivity index (χ0n) is 18.5. The molecule has 1 aliphatic heterocycles. The van der Waals surface area contributed by atoms with E-state index in [0.29, 0.717) is 28.5 Å². The number of thioether (sulfide) groups is 1. The second-order valence-electron chi connectivity index (χ2n) is 7.12. The van der Waals surface area contributed by atoms with Gasteiger partial charge in [0, 0.05) is 11.6 Å². The number of aromatic nitrogens is 2. The summed E-state index contributed by atoms with van der Waals surface area (Å²) < 4.78 is 16.2. The highest BCUT2D eigenvalue weighted by Crippen LogP contribution is 2.34. The SMILES string of the molecule is COc1cc(OC)cc(-c2nnc(S/C(=C/[C@@H]3C(=O)N(c4ccccc4)N=C3C)C(=O)O)o2)c1. The number of para-hydroxylation sites is 1. The van der Waals surface area contributed by atoms with Gasteiger partial charge in [0.05, 0.1) is 36.4 Å². The van der Waals surface area contributed by atoms with E-state index in [0.717, 1.165) is 11.8 Å². The minimum absolute atomic E-state index is 0.00499. The lowest BCUT2D eigenvalue weighted by Crippen LogP contribution is -2.26. The molecule has 4 rings (SSSR count). The number of carboxylic acid groups (broad SMARTS) is 1. The first-order valence-electron chi connectivity index (χ1n) is 10.0. The van der Waals surface area contributed by atoms with Crippen molar-refractivity contribution in [2.45, 2.75) is 12.1 Å². The number of hydrogen-bond acceptors (Lipinski definition) is 9. The van der Waals surface area contributed by atoms with Gasteiger partial charge in [0.1, 0.15) is 11.5 Å². The second kappa shape index (κ2) is 9.79. The molecule has 3 aromatic rings. The number of aliphatic carboxylic acids is 1. The van der Waals surface area contributed by atoms with Crippen LogP contribution in [0.25, 0.3) is 11.5 Å². The lowest BCUT2D eigenvalue weighted by atomic mass is 10.0. The summed E-state index contributed by atoms with van der Waals surface area (Å²) >= 11 is 0.753. The third-order valence-corrected chi connectivity index (χ3v) is 5.78. The van der Waals surface area contributed by atoms with E-state index in [9.17, 15) is 14.7 Å². The monoisotopic (exact) mass is 480 g/mol. The Balaban J connectivity index is 1.57. The Morgan fingerprint density at radius 1 is 1.12 bits per heavy atom. The van der Waals surface area contributed by atoms with Crippen LogP contribution in [-0.2, 0) is 9.59 Å². The molecule has 2 aromatic carbocycles. The lowest BCUT2D eigenvalue weighted by Gasteiger charge is -2.12. The van der Waals surface area contributed by atoms with E-state index in [-0.39, 0.29) is 21.9 Å². The van der Waals surface area contributed by atoms with E-state index in [1.54, 1.807) is 49.4 Å². The van der Waals surface area contributed by atoms with Crippen LogP contribution in [0, 0.1) is 5.92 Å². The van der Waals surface area contributed by atoms with Crippen LogP contribution < -0.4 is 14.5 Å².